The van der Waals surface area contributed by atoms with Crippen molar-refractivity contribution in [3.05, 3.63) is 0 Å². The van der Waals surface area contributed by atoms with Crippen LogP contribution in [0.25, 0.3) is 0 Å². The van der Waals surface area contributed by atoms with Gasteiger partial charge >= 0.3 is 0 Å². The van der Waals surface area contributed by atoms with Gasteiger partial charge in [-0.3, -0.25) is 0 Å². The van der Waals surface area contributed by atoms with Crippen molar-refractivity contribution in [2.24, 2.45) is 0 Å². The summed E-state index contributed by atoms with van der Waals surface area (Å²) in [5.41, 5.74) is -0.775. The molecule has 2 heterocycles. The first-order chi connectivity index (χ1) is 6.54. The third kappa shape index (κ3) is 1.33. The second-order valence-corrected chi connectivity index (χ2v) is 4.04. The Kier molecular flexibility index (Phi) is 2.09. The zero-order valence-corrected chi connectivity index (χ0v) is 8.32. The minimum absolute atomic E-state index is 0.0789. The summed E-state index contributed by atoms with van der Waals surface area (Å²) in [6.45, 7) is 3.99. The molecule has 2 rings (SSSR count). The van der Waals surface area contributed by atoms with Crippen LogP contribution >= 0.6 is 0 Å². The molecule has 14 heavy (non-hydrogen) atoms. The van der Waals surface area contributed by atoms with Crippen LogP contribution in [0.15, 0.2) is 0 Å². The van der Waals surface area contributed by atoms with Gasteiger partial charge in [-0.2, -0.15) is 0 Å². The number of terminal acetylenes is 1. The molecule has 0 amide bonds. The van der Waals surface area contributed by atoms with E-state index in [-0.39, 0.29) is 18.8 Å². The average Bonchev–Trinajstić information content (AvgIpc) is 2.77. The maximum Gasteiger partial charge on any atom is 0.185 e. The summed E-state index contributed by atoms with van der Waals surface area (Å²) in [6, 6.07) is 0. The predicted octanol–water partition coefficient (Wildman–Crippen LogP) is -0.0990. The van der Waals surface area contributed by atoms with Crippen LogP contribution in [0.4, 0.5) is 0 Å². The van der Waals surface area contributed by atoms with E-state index in [9.17, 15) is 0 Å². The first-order valence-corrected chi connectivity index (χ1v) is 4.62. The highest BCUT2D eigenvalue weighted by molar-refractivity contribution is 5.26. The van der Waals surface area contributed by atoms with Crippen molar-refractivity contribution in [3.63, 3.8) is 0 Å². The fourth-order valence-corrected chi connectivity index (χ4v) is 1.78. The fourth-order valence-electron chi connectivity index (χ4n) is 1.78. The first-order valence-electron chi connectivity index (χ1n) is 4.62. The number of hydrogen-bond acceptors (Lipinski definition) is 4. The van der Waals surface area contributed by atoms with Crippen LogP contribution in [-0.2, 0) is 14.2 Å². The standard InChI is InChI=1S/C10H14O4/c1-4-10(7(5-11)14-10)8-6-12-9(2,3)13-8/h1,7-8,11H,5-6H2,2-3H3/t7-,8-,10+/m1/s1. The molecule has 0 aliphatic carbocycles. The molecule has 0 saturated carbocycles. The molecule has 4 nitrogen and oxygen atoms in total. The van der Waals surface area contributed by atoms with Gasteiger partial charge in [0.15, 0.2) is 11.4 Å². The van der Waals surface area contributed by atoms with Crippen LogP contribution in [0.1, 0.15) is 13.8 Å². The van der Waals surface area contributed by atoms with Gasteiger partial charge in [-0.1, -0.05) is 5.92 Å². The second kappa shape index (κ2) is 2.94. The second-order valence-electron chi connectivity index (χ2n) is 4.04. The van der Waals surface area contributed by atoms with E-state index in [0.29, 0.717) is 6.61 Å². The molecule has 0 aromatic rings. The predicted molar refractivity (Wildman–Crippen MR) is 48.4 cm³/mol. The zero-order chi connectivity index (χ0) is 10.4. The lowest BCUT2D eigenvalue weighted by molar-refractivity contribution is -0.143. The Morgan fingerprint density at radius 1 is 1.50 bits per heavy atom. The largest absolute Gasteiger partial charge is 0.394 e. The molecule has 0 aromatic heterocycles. The van der Waals surface area contributed by atoms with Crippen molar-refractivity contribution in [1.82, 2.24) is 0 Å². The van der Waals surface area contributed by atoms with E-state index >= 15 is 0 Å². The van der Waals surface area contributed by atoms with Crippen LogP contribution in [0.2, 0.25) is 0 Å². The van der Waals surface area contributed by atoms with Crippen LogP contribution in [0.3, 0.4) is 0 Å². The molecule has 3 atom stereocenters. The molecule has 2 aliphatic heterocycles. The van der Waals surface area contributed by atoms with Crippen molar-refractivity contribution in [2.45, 2.75) is 37.4 Å². The van der Waals surface area contributed by atoms with E-state index in [1.807, 2.05) is 13.8 Å². The lowest BCUT2D eigenvalue weighted by Crippen LogP contribution is -2.35. The lowest BCUT2D eigenvalue weighted by Gasteiger charge is -2.18. The molecule has 0 aromatic carbocycles. The van der Waals surface area contributed by atoms with E-state index in [2.05, 4.69) is 5.92 Å². The van der Waals surface area contributed by atoms with Gasteiger partial charge in [0, 0.05) is 0 Å². The van der Waals surface area contributed by atoms with Gasteiger partial charge in [-0.25, -0.2) is 0 Å². The summed E-state index contributed by atoms with van der Waals surface area (Å²) in [4.78, 5) is 0. The molecule has 0 unspecified atom stereocenters. The Hall–Kier alpha value is -0.600. The van der Waals surface area contributed by atoms with Gasteiger partial charge in [0.05, 0.1) is 13.2 Å². The molecule has 4 heteroatoms. The Labute approximate surface area is 83.1 Å². The van der Waals surface area contributed by atoms with Crippen molar-refractivity contribution in [1.29, 1.82) is 0 Å². The average molecular weight is 198 g/mol. The number of rotatable bonds is 2. The summed E-state index contributed by atoms with van der Waals surface area (Å²) in [5.74, 6) is 1.94. The number of aliphatic hydroxyl groups excluding tert-OH is 1. The summed E-state index contributed by atoms with van der Waals surface area (Å²) in [7, 11) is 0. The third-order valence-corrected chi connectivity index (χ3v) is 2.64. The molecule has 0 radical (unpaired) electrons. The van der Waals surface area contributed by atoms with Gasteiger partial charge in [-0.15, -0.1) is 6.42 Å². The summed E-state index contributed by atoms with van der Waals surface area (Å²) >= 11 is 0. The molecule has 0 bridgehead atoms. The fraction of sp³-hybridized carbons (Fsp3) is 0.800. The first kappa shape index (κ1) is 9.94. The number of aliphatic hydroxyl groups is 1. The summed E-state index contributed by atoms with van der Waals surface area (Å²) < 4.78 is 16.3. The minimum atomic E-state index is -0.775. The van der Waals surface area contributed by atoms with Crippen LogP contribution < -0.4 is 0 Å². The molecule has 0 spiro atoms. The molecule has 2 fully saturated rings. The summed E-state index contributed by atoms with van der Waals surface area (Å²) in [5, 5.41) is 8.95. The van der Waals surface area contributed by atoms with E-state index in [0.717, 1.165) is 0 Å². The highest BCUT2D eigenvalue weighted by Gasteiger charge is 2.64. The Bertz CT molecular complexity index is 280. The smallest absolute Gasteiger partial charge is 0.185 e. The van der Waals surface area contributed by atoms with Crippen LogP contribution in [0, 0.1) is 12.3 Å². The van der Waals surface area contributed by atoms with Crippen molar-refractivity contribution < 1.29 is 19.3 Å². The maximum absolute atomic E-state index is 8.95. The van der Waals surface area contributed by atoms with E-state index in [1.165, 1.54) is 0 Å². The van der Waals surface area contributed by atoms with Gasteiger partial charge in [0.1, 0.15) is 12.2 Å². The van der Waals surface area contributed by atoms with Crippen molar-refractivity contribution in [2.75, 3.05) is 13.2 Å². The molecule has 2 saturated heterocycles. The topological polar surface area (TPSA) is 51.2 Å². The molecule has 78 valence electrons. The maximum atomic E-state index is 8.95. The minimum Gasteiger partial charge on any atom is -0.394 e. The highest BCUT2D eigenvalue weighted by Crippen LogP contribution is 2.44. The zero-order valence-electron chi connectivity index (χ0n) is 8.32. The van der Waals surface area contributed by atoms with Crippen LogP contribution in [-0.4, -0.2) is 41.9 Å². The number of epoxide rings is 1. The number of hydrogen-bond donors (Lipinski definition) is 1. The van der Waals surface area contributed by atoms with Gasteiger partial charge in [0.25, 0.3) is 0 Å². The van der Waals surface area contributed by atoms with Crippen molar-refractivity contribution in [3.8, 4) is 12.3 Å². The molecule has 2 aliphatic rings. The molecular formula is C10H14O4. The van der Waals surface area contributed by atoms with E-state index < -0.39 is 11.4 Å². The third-order valence-electron chi connectivity index (χ3n) is 2.64. The van der Waals surface area contributed by atoms with Crippen LogP contribution in [0.5, 0.6) is 0 Å². The normalized spacial score (nSPS) is 44.7. The Morgan fingerprint density at radius 3 is 2.57 bits per heavy atom. The van der Waals surface area contributed by atoms with Gasteiger partial charge < -0.3 is 19.3 Å². The number of ether oxygens (including phenoxy) is 3. The lowest BCUT2D eigenvalue weighted by atomic mass is 10.00. The van der Waals surface area contributed by atoms with Gasteiger partial charge in [0.2, 0.25) is 0 Å². The monoisotopic (exact) mass is 198 g/mol. The Balaban J connectivity index is 2.07. The van der Waals surface area contributed by atoms with Gasteiger partial charge in [-0.05, 0) is 13.8 Å². The van der Waals surface area contributed by atoms with E-state index in [1.54, 1.807) is 0 Å². The summed E-state index contributed by atoms with van der Waals surface area (Å²) in [6.07, 6.45) is 4.79. The molecular weight excluding hydrogens is 184 g/mol. The SMILES string of the molecule is C#C[C@]1([C@H]2COC(C)(C)O2)O[C@@H]1CO. The van der Waals surface area contributed by atoms with E-state index in [4.69, 9.17) is 25.7 Å². The highest BCUT2D eigenvalue weighted by atomic mass is 16.8. The Morgan fingerprint density at radius 2 is 2.21 bits per heavy atom. The quantitative estimate of drug-likeness (QED) is 0.497. The molecule has 1 N–H and O–H groups in total. The van der Waals surface area contributed by atoms with Crippen molar-refractivity contribution >= 4 is 0 Å².